The van der Waals surface area contributed by atoms with Crippen LogP contribution < -0.4 is 15.4 Å². The van der Waals surface area contributed by atoms with E-state index in [0.29, 0.717) is 18.7 Å². The Morgan fingerprint density at radius 3 is 2.13 bits per heavy atom. The number of fused-ring (bicyclic) bond motifs is 1. The van der Waals surface area contributed by atoms with Crippen LogP contribution in [0, 0.1) is 0 Å². The van der Waals surface area contributed by atoms with E-state index in [1.54, 1.807) is 63.3 Å². The van der Waals surface area contributed by atoms with Gasteiger partial charge in [-0.2, -0.15) is 0 Å². The number of ether oxygens (including phenoxy) is 2. The molecule has 240 valence electrons. The van der Waals surface area contributed by atoms with E-state index >= 15 is 0 Å². The Morgan fingerprint density at radius 2 is 1.57 bits per heavy atom. The first-order valence-electron chi connectivity index (χ1n) is 15.0. The lowest BCUT2D eigenvalue weighted by molar-refractivity contribution is -0.121. The minimum Gasteiger partial charge on any atom is -0.444 e. The molecular formula is C36H40N4O6. The summed E-state index contributed by atoms with van der Waals surface area (Å²) >= 11 is 0. The number of rotatable bonds is 11. The van der Waals surface area contributed by atoms with Crippen LogP contribution in [0.25, 0.3) is 0 Å². The number of para-hydroxylation sites is 1. The van der Waals surface area contributed by atoms with Gasteiger partial charge in [-0.15, -0.1) is 19.7 Å². The molecule has 0 unspecified atom stereocenters. The number of carbonyl (C=O) groups is 3. The number of benzene rings is 2. The molecule has 1 aliphatic rings. The van der Waals surface area contributed by atoms with Crippen LogP contribution in [0.15, 0.2) is 110 Å². The number of allylic oxidation sites excluding steroid dienone is 2. The van der Waals surface area contributed by atoms with Crippen LogP contribution in [0.3, 0.4) is 0 Å². The number of aromatic nitrogens is 2. The highest BCUT2D eigenvalue weighted by Crippen LogP contribution is 2.46. The predicted octanol–water partition coefficient (Wildman–Crippen LogP) is 6.88. The van der Waals surface area contributed by atoms with E-state index in [4.69, 9.17) is 9.47 Å². The molecule has 0 N–H and O–H groups in total. The molecule has 46 heavy (non-hydrogen) atoms. The van der Waals surface area contributed by atoms with Crippen LogP contribution in [0.5, 0.6) is 0 Å². The summed E-state index contributed by atoms with van der Waals surface area (Å²) in [5.41, 5.74) is -1.42. The first kappa shape index (κ1) is 33.6. The average Bonchev–Trinajstić information content (AvgIpc) is 3.34. The van der Waals surface area contributed by atoms with Gasteiger partial charge in [0.05, 0.1) is 11.9 Å². The van der Waals surface area contributed by atoms with Gasteiger partial charge in [0.2, 0.25) is 0 Å². The summed E-state index contributed by atoms with van der Waals surface area (Å²) in [6.07, 6.45) is 5.40. The summed E-state index contributed by atoms with van der Waals surface area (Å²) in [4.78, 5) is 62.6. The van der Waals surface area contributed by atoms with Crippen molar-refractivity contribution >= 4 is 29.5 Å². The van der Waals surface area contributed by atoms with Crippen LogP contribution in [-0.4, -0.2) is 39.8 Å². The van der Waals surface area contributed by atoms with Crippen molar-refractivity contribution < 1.29 is 23.9 Å². The number of carbonyl (C=O) groups excluding carboxylic acids is 3. The van der Waals surface area contributed by atoms with E-state index in [9.17, 15) is 19.2 Å². The molecule has 4 rings (SSSR count). The van der Waals surface area contributed by atoms with Gasteiger partial charge in [0.1, 0.15) is 29.8 Å². The predicted molar refractivity (Wildman–Crippen MR) is 178 cm³/mol. The Morgan fingerprint density at radius 1 is 0.957 bits per heavy atom. The van der Waals surface area contributed by atoms with Crippen molar-refractivity contribution in [1.29, 1.82) is 0 Å². The quantitative estimate of drug-likeness (QED) is 0.214. The zero-order chi connectivity index (χ0) is 33.5. The third-order valence-electron chi connectivity index (χ3n) is 7.54. The molecule has 3 amide bonds. The van der Waals surface area contributed by atoms with Crippen molar-refractivity contribution in [2.45, 2.75) is 63.7 Å². The number of hydrogen-bond acceptors (Lipinski definition) is 7. The molecule has 2 heterocycles. The molecule has 10 nitrogen and oxygen atoms in total. The Balaban J connectivity index is 1.84. The highest BCUT2D eigenvalue weighted by molar-refractivity contribution is 6.14. The molecule has 1 aromatic heterocycles. The lowest BCUT2D eigenvalue weighted by Crippen LogP contribution is -2.46. The zero-order valence-corrected chi connectivity index (χ0v) is 26.6. The second kappa shape index (κ2) is 14.2. The van der Waals surface area contributed by atoms with Crippen molar-refractivity contribution in [1.82, 2.24) is 9.55 Å². The number of imide groups is 1. The van der Waals surface area contributed by atoms with E-state index < -0.39 is 40.7 Å². The van der Waals surface area contributed by atoms with Crippen molar-refractivity contribution in [3.05, 3.63) is 127 Å². The molecule has 10 heteroatoms. The van der Waals surface area contributed by atoms with Crippen LogP contribution >= 0.6 is 0 Å². The normalized spacial score (nSPS) is 14.8. The van der Waals surface area contributed by atoms with Gasteiger partial charge in [0.15, 0.2) is 0 Å². The third-order valence-corrected chi connectivity index (χ3v) is 7.54. The highest BCUT2D eigenvalue weighted by Gasteiger charge is 2.50. The molecule has 0 bridgehead atoms. The summed E-state index contributed by atoms with van der Waals surface area (Å²) < 4.78 is 12.5. The minimum absolute atomic E-state index is 0.0160. The van der Waals surface area contributed by atoms with Crippen molar-refractivity contribution in [3.8, 4) is 0 Å². The molecule has 0 radical (unpaired) electrons. The lowest BCUT2D eigenvalue weighted by Gasteiger charge is -2.29. The Kier molecular flexibility index (Phi) is 10.4. The minimum atomic E-state index is -1.17. The van der Waals surface area contributed by atoms with Crippen LogP contribution in [0.2, 0.25) is 0 Å². The SMILES string of the molecule is C=CCN(C(=O)OCc1ccccc1)c1cnc2n(c1=O)[C@H](C(=O)N(C(=O)OC(C)(C)C)c1ccccc1)CC2(CC=C)CC=C. The van der Waals surface area contributed by atoms with Gasteiger partial charge in [-0.1, -0.05) is 66.8 Å². The van der Waals surface area contributed by atoms with Gasteiger partial charge in [-0.3, -0.25) is 19.1 Å². The second-order valence-corrected chi connectivity index (χ2v) is 12.1. The fourth-order valence-corrected chi connectivity index (χ4v) is 5.62. The third kappa shape index (κ3) is 7.17. The summed E-state index contributed by atoms with van der Waals surface area (Å²) in [6, 6.07) is 16.3. The van der Waals surface area contributed by atoms with Gasteiger partial charge < -0.3 is 9.47 Å². The van der Waals surface area contributed by atoms with Gasteiger partial charge >= 0.3 is 12.2 Å². The molecule has 0 fully saturated rings. The Hall–Kier alpha value is -5.25. The van der Waals surface area contributed by atoms with Crippen molar-refractivity contribution in [3.63, 3.8) is 0 Å². The van der Waals surface area contributed by atoms with Gasteiger partial charge in [-0.05, 0) is 57.7 Å². The number of hydrogen-bond donors (Lipinski definition) is 0. The van der Waals surface area contributed by atoms with E-state index in [0.717, 1.165) is 15.4 Å². The van der Waals surface area contributed by atoms with E-state index in [1.807, 2.05) is 30.3 Å². The van der Waals surface area contributed by atoms with E-state index in [-0.39, 0.29) is 30.9 Å². The van der Waals surface area contributed by atoms with Crippen LogP contribution in [0.1, 0.15) is 57.5 Å². The molecule has 0 aliphatic carbocycles. The maximum absolute atomic E-state index is 14.5. The number of nitrogens with zero attached hydrogens (tertiary/aromatic N) is 4. The Labute approximate surface area is 269 Å². The van der Waals surface area contributed by atoms with Gasteiger partial charge in [0.25, 0.3) is 11.5 Å². The highest BCUT2D eigenvalue weighted by atomic mass is 16.6. The van der Waals surface area contributed by atoms with E-state index in [1.165, 1.54) is 16.8 Å². The fraction of sp³-hybridized carbons (Fsp3) is 0.306. The van der Waals surface area contributed by atoms with Crippen molar-refractivity contribution in [2.24, 2.45) is 0 Å². The molecule has 1 atom stereocenters. The average molecular weight is 625 g/mol. The summed E-state index contributed by atoms with van der Waals surface area (Å²) in [5, 5.41) is 0. The van der Waals surface area contributed by atoms with Gasteiger partial charge in [-0.25, -0.2) is 19.5 Å². The zero-order valence-electron chi connectivity index (χ0n) is 26.6. The Bertz CT molecular complexity index is 1650. The number of amides is 3. The molecular weight excluding hydrogens is 584 g/mol. The first-order chi connectivity index (χ1) is 22.0. The maximum Gasteiger partial charge on any atom is 0.421 e. The summed E-state index contributed by atoms with van der Waals surface area (Å²) in [6.45, 7) is 16.6. The largest absolute Gasteiger partial charge is 0.444 e. The molecule has 0 saturated carbocycles. The smallest absolute Gasteiger partial charge is 0.421 e. The van der Waals surface area contributed by atoms with Crippen LogP contribution in [-0.2, 0) is 26.3 Å². The van der Waals surface area contributed by atoms with Crippen molar-refractivity contribution in [2.75, 3.05) is 16.3 Å². The second-order valence-electron chi connectivity index (χ2n) is 12.1. The van der Waals surface area contributed by atoms with E-state index in [2.05, 4.69) is 24.7 Å². The molecule has 1 aliphatic heterocycles. The monoisotopic (exact) mass is 624 g/mol. The topological polar surface area (TPSA) is 111 Å². The lowest BCUT2D eigenvalue weighted by atomic mass is 9.77. The summed E-state index contributed by atoms with van der Waals surface area (Å²) in [7, 11) is 0. The molecule has 2 aromatic carbocycles. The van der Waals surface area contributed by atoms with Gasteiger partial charge in [0, 0.05) is 12.0 Å². The van der Waals surface area contributed by atoms with Crippen LogP contribution in [0.4, 0.5) is 21.0 Å². The maximum atomic E-state index is 14.5. The fourth-order valence-electron chi connectivity index (χ4n) is 5.62. The molecule has 0 saturated heterocycles. The first-order valence-corrected chi connectivity index (χ1v) is 15.0. The standard InChI is InChI=1S/C36H40N4O6/c1-7-20-36(21-8-2)23-28(30(41)39(27-18-14-11-15-19-27)34(44)46-35(4,5)6)40-31(42)29(24-37-32(36)40)38(22-9-3)33(43)45-25-26-16-12-10-13-17-26/h7-19,24,28H,1-3,20-23,25H2,4-6H3/t28-/m0/s1. The molecule has 0 spiro atoms. The molecule has 3 aromatic rings. The number of anilines is 2. The summed E-state index contributed by atoms with van der Waals surface area (Å²) in [5.74, 6) is -0.354.